The van der Waals surface area contributed by atoms with E-state index in [9.17, 15) is 19.2 Å². The number of carbonyl (C=O) groups excluding carboxylic acids is 4. The molecule has 1 N–H and O–H groups in total. The van der Waals surface area contributed by atoms with Crippen molar-refractivity contribution >= 4 is 23.8 Å². The molecule has 8 rings (SSSR count). The zero-order chi connectivity index (χ0) is 44.6. The van der Waals surface area contributed by atoms with Crippen molar-refractivity contribution in [2.45, 2.75) is 151 Å². The Morgan fingerprint density at radius 2 is 1.37 bits per heavy atom. The van der Waals surface area contributed by atoms with E-state index in [1.807, 2.05) is 68.4 Å². The number of ether oxygens (including phenoxy) is 4. The molecule has 5 saturated carbocycles. The van der Waals surface area contributed by atoms with Crippen LogP contribution >= 0.6 is 0 Å². The Hall–Kier alpha value is -4.14. The first-order chi connectivity index (χ1) is 29.2. The molecule has 2 aromatic carbocycles. The highest BCUT2D eigenvalue weighted by molar-refractivity contribution is 6.02. The molecule has 336 valence electrons. The van der Waals surface area contributed by atoms with Crippen LogP contribution < -0.4 is 10.1 Å². The molecular formula is C53H71NO8. The van der Waals surface area contributed by atoms with Gasteiger partial charge < -0.3 is 24.3 Å². The summed E-state index contributed by atoms with van der Waals surface area (Å²) < 4.78 is 23.4. The molecule has 0 radical (unpaired) electrons. The monoisotopic (exact) mass is 850 g/mol. The molecule has 6 aliphatic rings. The van der Waals surface area contributed by atoms with E-state index in [1.165, 1.54) is 5.57 Å². The summed E-state index contributed by atoms with van der Waals surface area (Å²) in [5, 5.41) is 3.33. The quantitative estimate of drug-likeness (QED) is 0.186. The third-order valence-corrected chi connectivity index (χ3v) is 18.6. The fourth-order valence-corrected chi connectivity index (χ4v) is 14.8. The Morgan fingerprint density at radius 3 is 2.03 bits per heavy atom. The number of benzene rings is 2. The topological polar surface area (TPSA) is 117 Å². The maximum absolute atomic E-state index is 14.1. The van der Waals surface area contributed by atoms with Crippen molar-refractivity contribution in [3.05, 3.63) is 76.9 Å². The molecule has 9 heteroatoms. The first-order valence-corrected chi connectivity index (χ1v) is 23.5. The van der Waals surface area contributed by atoms with Crippen molar-refractivity contribution < 1.29 is 38.1 Å². The van der Waals surface area contributed by atoms with Crippen LogP contribution in [0.3, 0.4) is 0 Å². The number of esters is 2. The lowest BCUT2D eigenvalue weighted by Crippen LogP contribution is -2.67. The first kappa shape index (κ1) is 44.5. The van der Waals surface area contributed by atoms with Crippen LogP contribution in [-0.4, -0.2) is 42.6 Å². The van der Waals surface area contributed by atoms with Gasteiger partial charge in [-0.25, -0.2) is 4.79 Å². The zero-order valence-electron chi connectivity index (χ0n) is 39.0. The molecular weight excluding hydrogens is 779 g/mol. The van der Waals surface area contributed by atoms with E-state index < -0.39 is 17.0 Å². The van der Waals surface area contributed by atoms with E-state index in [1.54, 1.807) is 7.11 Å². The zero-order valence-corrected chi connectivity index (χ0v) is 39.0. The Labute approximate surface area is 369 Å². The highest BCUT2D eigenvalue weighted by Crippen LogP contribution is 2.76. The minimum atomic E-state index is -0.733. The van der Waals surface area contributed by atoms with E-state index in [2.05, 4.69) is 53.8 Å². The number of carbonyl (C=O) groups is 4. The molecule has 0 heterocycles. The Kier molecular flexibility index (Phi) is 11.4. The van der Waals surface area contributed by atoms with Gasteiger partial charge in [-0.15, -0.1) is 0 Å². The van der Waals surface area contributed by atoms with Crippen LogP contribution in [0.15, 0.2) is 65.7 Å². The number of nitrogens with one attached hydrogen (secondary N) is 1. The number of hydrogen-bond donors (Lipinski definition) is 1. The van der Waals surface area contributed by atoms with E-state index in [0.29, 0.717) is 31.1 Å². The average molecular weight is 850 g/mol. The number of hydrogen-bond acceptors (Lipinski definition) is 8. The van der Waals surface area contributed by atoms with Crippen LogP contribution in [0.4, 0.5) is 4.79 Å². The second kappa shape index (κ2) is 15.8. The molecule has 6 aliphatic carbocycles. The SMILES string of the molecule is COc1ccc(COC(=O)N[C@@]23CC[C@]4(C)[C@H](CC[C@@H]5[C@@]6(C)CC[C@H](OC(=O)[C@H]7C[C@@H](C(=O)OCc8ccccc8)C7(C)C)C(C)(C)[C@@H]6CC[C@]54C)C2=C(C(C)C)C(=O)C3)cc1. The molecule has 0 aromatic heterocycles. The summed E-state index contributed by atoms with van der Waals surface area (Å²) in [6, 6.07) is 17.2. The maximum Gasteiger partial charge on any atom is 0.408 e. The predicted molar refractivity (Wildman–Crippen MR) is 238 cm³/mol. The summed E-state index contributed by atoms with van der Waals surface area (Å²) in [7, 11) is 1.63. The third-order valence-electron chi connectivity index (χ3n) is 18.6. The number of fused-ring (bicyclic) bond motifs is 7. The van der Waals surface area contributed by atoms with Gasteiger partial charge in [-0.1, -0.05) is 105 Å². The molecule has 62 heavy (non-hydrogen) atoms. The lowest BCUT2D eigenvalue weighted by atomic mass is 9.33. The number of methoxy groups -OCH3 is 1. The molecule has 2 aromatic rings. The number of amides is 1. The van der Waals surface area contributed by atoms with Crippen molar-refractivity contribution in [1.82, 2.24) is 5.32 Å². The van der Waals surface area contributed by atoms with Gasteiger partial charge in [0.25, 0.3) is 0 Å². The van der Waals surface area contributed by atoms with Crippen LogP contribution in [0.5, 0.6) is 5.75 Å². The van der Waals surface area contributed by atoms with Crippen molar-refractivity contribution in [3.63, 3.8) is 0 Å². The van der Waals surface area contributed by atoms with E-state index >= 15 is 0 Å². The fourth-order valence-electron chi connectivity index (χ4n) is 14.8. The van der Waals surface area contributed by atoms with Gasteiger partial charge in [-0.3, -0.25) is 14.4 Å². The van der Waals surface area contributed by atoms with Crippen LogP contribution in [0, 0.1) is 62.6 Å². The molecule has 10 atom stereocenters. The molecule has 5 fully saturated rings. The Morgan fingerprint density at radius 1 is 0.710 bits per heavy atom. The molecule has 0 aliphatic heterocycles. The van der Waals surface area contributed by atoms with Crippen LogP contribution in [0.25, 0.3) is 0 Å². The second-order valence-electron chi connectivity index (χ2n) is 22.4. The molecule has 0 unspecified atom stereocenters. The van der Waals surface area contributed by atoms with Gasteiger partial charge in [0.2, 0.25) is 0 Å². The van der Waals surface area contributed by atoms with Crippen LogP contribution in [0.1, 0.15) is 138 Å². The number of Topliss-reactive ketones (excluding diaryl/α,β-unsaturated/α-hetero) is 1. The minimum absolute atomic E-state index is 0.0165. The fraction of sp³-hybridized carbons (Fsp3) is 0.660. The summed E-state index contributed by atoms with van der Waals surface area (Å²) in [5.41, 5.74) is 2.42. The smallest absolute Gasteiger partial charge is 0.408 e. The van der Waals surface area contributed by atoms with Crippen LogP contribution in [0.2, 0.25) is 0 Å². The molecule has 0 bridgehead atoms. The highest BCUT2D eigenvalue weighted by atomic mass is 16.6. The van der Waals surface area contributed by atoms with E-state index in [0.717, 1.165) is 67.4 Å². The van der Waals surface area contributed by atoms with Crippen LogP contribution in [-0.2, 0) is 41.8 Å². The average Bonchev–Trinajstić information content (AvgIpc) is 3.52. The lowest BCUT2D eigenvalue weighted by molar-refractivity contribution is -0.235. The van der Waals surface area contributed by atoms with E-state index in [4.69, 9.17) is 18.9 Å². The van der Waals surface area contributed by atoms with Crippen molar-refractivity contribution in [1.29, 1.82) is 0 Å². The second-order valence-corrected chi connectivity index (χ2v) is 22.4. The van der Waals surface area contributed by atoms with Crippen molar-refractivity contribution in [2.24, 2.45) is 62.6 Å². The Balaban J connectivity index is 0.963. The van der Waals surface area contributed by atoms with Gasteiger partial charge in [0.15, 0.2) is 5.78 Å². The number of ketones is 1. The van der Waals surface area contributed by atoms with Gasteiger partial charge in [0.05, 0.1) is 24.5 Å². The Bertz CT molecular complexity index is 2110. The predicted octanol–water partition coefficient (Wildman–Crippen LogP) is 11.0. The molecule has 1 amide bonds. The minimum Gasteiger partial charge on any atom is -0.497 e. The van der Waals surface area contributed by atoms with Gasteiger partial charge in [-0.05, 0) is 138 Å². The number of alkyl carbamates (subject to hydrolysis) is 1. The molecule has 9 nitrogen and oxygen atoms in total. The summed E-state index contributed by atoms with van der Waals surface area (Å²) in [6.07, 6.45) is 7.68. The largest absolute Gasteiger partial charge is 0.497 e. The summed E-state index contributed by atoms with van der Waals surface area (Å²) in [5.74, 6) is 0.875. The van der Waals surface area contributed by atoms with Crippen molar-refractivity contribution in [3.8, 4) is 5.75 Å². The van der Waals surface area contributed by atoms with Gasteiger partial charge in [0.1, 0.15) is 25.1 Å². The van der Waals surface area contributed by atoms with Gasteiger partial charge >= 0.3 is 18.0 Å². The first-order valence-electron chi connectivity index (χ1n) is 23.5. The van der Waals surface area contributed by atoms with E-state index in [-0.39, 0.29) is 82.4 Å². The summed E-state index contributed by atoms with van der Waals surface area (Å²) in [6.45, 7) is 20.9. The van der Waals surface area contributed by atoms with Gasteiger partial charge in [0, 0.05) is 11.8 Å². The summed E-state index contributed by atoms with van der Waals surface area (Å²) >= 11 is 0. The normalized spacial score (nSPS) is 36.5. The van der Waals surface area contributed by atoms with Crippen molar-refractivity contribution in [2.75, 3.05) is 7.11 Å². The molecule has 0 saturated heterocycles. The lowest BCUT2D eigenvalue weighted by Gasteiger charge is -2.72. The number of allylic oxidation sites excluding steroid dienone is 1. The summed E-state index contributed by atoms with van der Waals surface area (Å²) in [4.78, 5) is 54.9. The maximum atomic E-state index is 14.1. The third kappa shape index (κ3) is 7.01. The molecule has 0 spiro atoms. The standard InChI is InChI=1S/C53H71NO8/c1-32(2)43-39(55)29-53(54-47(58)61-31-34-16-18-35(59-10)19-17-34)27-26-51(8)36(44(43)53)20-21-41-50(7)24-23-42(49(5,6)40(50)22-25-52(41,51)9)62-46(57)38-28-37(48(38,3)4)45(56)60-30-33-14-12-11-13-15-33/h11-19,32,36-38,40-42H,20-31H2,1-10H3,(H,54,58)/t36-,37+,38-,40+,41-,42+,50+,51-,52-,53-/m1/s1. The highest BCUT2D eigenvalue weighted by Gasteiger charge is 2.70. The van der Waals surface area contributed by atoms with Gasteiger partial charge in [-0.2, -0.15) is 0 Å². The number of rotatable bonds is 10.